The Labute approximate surface area is 168 Å². The number of primary sulfonamides is 1. The van der Waals surface area contributed by atoms with Crippen LogP contribution in [-0.4, -0.2) is 59.6 Å². The monoisotopic (exact) mass is 450 g/mol. The fourth-order valence-electron chi connectivity index (χ4n) is 2.33. The first-order chi connectivity index (χ1) is 11.6. The maximum Gasteiger partial charge on any atom is 0.277 e. The molecule has 156 valence electrons. The van der Waals surface area contributed by atoms with Gasteiger partial charge < -0.3 is 20.7 Å². The number of alkyl halides is 2. The number of morpholine rings is 1. The number of nitrogens with two attached hydrogens (primary N) is 2. The predicted molar refractivity (Wildman–Crippen MR) is 102 cm³/mol. The van der Waals surface area contributed by atoms with Crippen molar-refractivity contribution in [2.24, 2.45) is 10.9 Å². The molecule has 1 amide bonds. The number of carbonyl (C=O) groups excluding carboxylic acids is 1. The van der Waals surface area contributed by atoms with Gasteiger partial charge in [-0.25, -0.2) is 22.3 Å². The van der Waals surface area contributed by atoms with Gasteiger partial charge in [0.2, 0.25) is 10.0 Å². The van der Waals surface area contributed by atoms with Gasteiger partial charge in [-0.05, 0) is 18.2 Å². The molecule has 0 bridgehead atoms. The van der Waals surface area contributed by atoms with E-state index in [-0.39, 0.29) is 35.3 Å². The summed E-state index contributed by atoms with van der Waals surface area (Å²) in [5, 5.41) is 7.18. The number of amides is 1. The van der Waals surface area contributed by atoms with Crippen molar-refractivity contribution in [2.75, 3.05) is 44.3 Å². The number of anilines is 1. The second-order valence-electron chi connectivity index (χ2n) is 5.57. The Bertz CT molecular complexity index is 747. The van der Waals surface area contributed by atoms with Gasteiger partial charge in [0.1, 0.15) is 0 Å². The Kier molecular flexibility index (Phi) is 9.87. The van der Waals surface area contributed by atoms with Crippen molar-refractivity contribution < 1.29 is 26.7 Å². The van der Waals surface area contributed by atoms with Crippen LogP contribution in [0.2, 0.25) is 0 Å². The second-order valence-corrected chi connectivity index (χ2v) is 7.13. The van der Waals surface area contributed by atoms with Crippen molar-refractivity contribution in [1.82, 2.24) is 5.32 Å². The van der Waals surface area contributed by atoms with E-state index in [1.165, 1.54) is 12.1 Å². The van der Waals surface area contributed by atoms with Gasteiger partial charge in [0.25, 0.3) is 11.8 Å². The molecule has 1 heterocycles. The van der Waals surface area contributed by atoms with Gasteiger partial charge in [0.05, 0.1) is 36.8 Å². The number of sulfonamides is 1. The molecule has 8 nitrogen and oxygen atoms in total. The second kappa shape index (κ2) is 10.3. The first-order valence-corrected chi connectivity index (χ1v) is 9.04. The van der Waals surface area contributed by atoms with Gasteiger partial charge >= 0.3 is 0 Å². The summed E-state index contributed by atoms with van der Waals surface area (Å²) in [5.41, 5.74) is 5.31. The van der Waals surface area contributed by atoms with Crippen molar-refractivity contribution in [2.45, 2.75) is 10.8 Å². The zero-order valence-corrected chi connectivity index (χ0v) is 16.6. The third-order valence-electron chi connectivity index (χ3n) is 3.70. The van der Waals surface area contributed by atoms with E-state index < -0.39 is 34.9 Å². The van der Waals surface area contributed by atoms with Gasteiger partial charge in [0.15, 0.2) is 0 Å². The molecule has 1 aromatic carbocycles. The zero-order chi connectivity index (χ0) is 18.7. The molecular weight excluding hydrogens is 429 g/mol. The highest BCUT2D eigenvalue weighted by molar-refractivity contribution is 7.89. The maximum atomic E-state index is 13.3. The molecule has 1 aliphatic heterocycles. The Morgan fingerprint density at radius 2 is 1.85 bits per heavy atom. The van der Waals surface area contributed by atoms with Crippen LogP contribution < -0.4 is 21.1 Å². The summed E-state index contributed by atoms with van der Waals surface area (Å²) in [7, 11) is -4.05. The number of halogens is 4. The van der Waals surface area contributed by atoms with Crippen LogP contribution in [0.3, 0.4) is 0 Å². The van der Waals surface area contributed by atoms with Crippen LogP contribution in [0, 0.1) is 0 Å². The Morgan fingerprint density at radius 1 is 1.26 bits per heavy atom. The highest BCUT2D eigenvalue weighted by Gasteiger charge is 2.29. The van der Waals surface area contributed by atoms with Crippen LogP contribution in [0.5, 0.6) is 0 Å². The summed E-state index contributed by atoms with van der Waals surface area (Å²) >= 11 is 0. The van der Waals surface area contributed by atoms with E-state index in [9.17, 15) is 22.0 Å². The first kappa shape index (κ1) is 25.8. The average molecular weight is 451 g/mol. The van der Waals surface area contributed by atoms with E-state index >= 15 is 0 Å². The zero-order valence-electron chi connectivity index (χ0n) is 14.2. The van der Waals surface area contributed by atoms with Gasteiger partial charge in [-0.2, -0.15) is 0 Å². The lowest BCUT2D eigenvalue weighted by atomic mass is 10.1. The number of benzene rings is 1. The molecule has 0 saturated carbocycles. The van der Waals surface area contributed by atoms with Crippen LogP contribution in [0.15, 0.2) is 23.1 Å². The molecule has 1 aliphatic rings. The number of carbonyl (C=O) groups is 1. The van der Waals surface area contributed by atoms with E-state index in [1.54, 1.807) is 0 Å². The van der Waals surface area contributed by atoms with Gasteiger partial charge in [-0.3, -0.25) is 4.79 Å². The molecule has 5 N–H and O–H groups in total. The minimum atomic E-state index is -4.05. The minimum absolute atomic E-state index is 0. The molecular formula is C14H22Cl2F2N4O4S. The van der Waals surface area contributed by atoms with E-state index in [2.05, 4.69) is 5.32 Å². The molecule has 27 heavy (non-hydrogen) atoms. The summed E-state index contributed by atoms with van der Waals surface area (Å²) in [5.74, 6) is -4.09. The highest BCUT2D eigenvalue weighted by Crippen LogP contribution is 2.25. The van der Waals surface area contributed by atoms with E-state index in [4.69, 9.17) is 15.6 Å². The van der Waals surface area contributed by atoms with Crippen molar-refractivity contribution in [1.29, 1.82) is 0 Å². The Hall–Kier alpha value is -1.24. The lowest BCUT2D eigenvalue weighted by molar-refractivity contribution is 0.0118. The fourth-order valence-corrected chi connectivity index (χ4v) is 2.87. The number of rotatable bonds is 6. The molecule has 1 fully saturated rings. The SMILES string of the molecule is Cl.Cl.NCC(F)(F)CNC(=O)c1cc(S(N)(=O)=O)ccc1N1CCOCC1. The van der Waals surface area contributed by atoms with Crippen LogP contribution in [0.1, 0.15) is 10.4 Å². The Balaban J connectivity index is 0.00000338. The number of ether oxygens (including phenoxy) is 1. The quantitative estimate of drug-likeness (QED) is 0.573. The molecule has 2 rings (SSSR count). The van der Waals surface area contributed by atoms with Gasteiger partial charge in [-0.15, -0.1) is 24.8 Å². The molecule has 0 spiro atoms. The molecule has 13 heteroatoms. The summed E-state index contributed by atoms with van der Waals surface area (Å²) in [6.45, 7) is -0.0419. The maximum absolute atomic E-state index is 13.3. The minimum Gasteiger partial charge on any atom is -0.378 e. The van der Waals surface area contributed by atoms with Crippen molar-refractivity contribution in [3.63, 3.8) is 0 Å². The molecule has 1 aromatic rings. The molecule has 0 aromatic heterocycles. The number of hydrogen-bond donors (Lipinski definition) is 3. The normalized spacial score (nSPS) is 14.7. The molecule has 0 aliphatic carbocycles. The predicted octanol–water partition coefficient (Wildman–Crippen LogP) is 0.338. The number of nitrogens with one attached hydrogen (secondary N) is 1. The number of hydrogen-bond acceptors (Lipinski definition) is 6. The van der Waals surface area contributed by atoms with Gasteiger partial charge in [-0.1, -0.05) is 0 Å². The average Bonchev–Trinajstić information content (AvgIpc) is 2.59. The third kappa shape index (κ3) is 7.01. The van der Waals surface area contributed by atoms with Crippen LogP contribution in [0.4, 0.5) is 14.5 Å². The largest absolute Gasteiger partial charge is 0.378 e. The van der Waals surface area contributed by atoms with Crippen molar-refractivity contribution in [3.8, 4) is 0 Å². The summed E-state index contributed by atoms with van der Waals surface area (Å²) in [4.78, 5) is 13.9. The molecule has 1 saturated heterocycles. The third-order valence-corrected chi connectivity index (χ3v) is 4.61. The Morgan fingerprint density at radius 3 is 2.37 bits per heavy atom. The summed E-state index contributed by atoms with van der Waals surface area (Å²) < 4.78 is 54.8. The molecule has 0 atom stereocenters. The highest BCUT2D eigenvalue weighted by atomic mass is 35.5. The fraction of sp³-hybridized carbons (Fsp3) is 0.500. The topological polar surface area (TPSA) is 128 Å². The van der Waals surface area contributed by atoms with E-state index in [1.807, 2.05) is 4.90 Å². The van der Waals surface area contributed by atoms with Crippen LogP contribution in [0.25, 0.3) is 0 Å². The first-order valence-electron chi connectivity index (χ1n) is 7.50. The van der Waals surface area contributed by atoms with E-state index in [0.29, 0.717) is 32.0 Å². The van der Waals surface area contributed by atoms with Gasteiger partial charge in [0, 0.05) is 18.8 Å². The van der Waals surface area contributed by atoms with Crippen LogP contribution >= 0.6 is 24.8 Å². The molecule has 0 unspecified atom stereocenters. The lowest BCUT2D eigenvalue weighted by Gasteiger charge is -2.30. The number of nitrogens with zero attached hydrogens (tertiary/aromatic N) is 1. The summed E-state index contributed by atoms with van der Waals surface area (Å²) in [6.07, 6.45) is 0. The molecule has 0 radical (unpaired) electrons. The standard InChI is InChI=1S/C14H20F2N4O4S.2ClH/c15-14(16,8-17)9-19-13(21)11-7-10(25(18,22)23)1-2-12(11)20-3-5-24-6-4-20;;/h1-2,7H,3-6,8-9,17H2,(H,19,21)(H2,18,22,23);2*1H. The smallest absolute Gasteiger partial charge is 0.277 e. The van der Waals surface area contributed by atoms with Crippen molar-refractivity contribution >= 4 is 46.4 Å². The van der Waals surface area contributed by atoms with Crippen molar-refractivity contribution in [3.05, 3.63) is 23.8 Å². The summed E-state index contributed by atoms with van der Waals surface area (Å²) in [6, 6.07) is 3.78. The van der Waals surface area contributed by atoms with Crippen LogP contribution in [-0.2, 0) is 14.8 Å². The van der Waals surface area contributed by atoms with E-state index in [0.717, 1.165) is 6.07 Å². The lowest BCUT2D eigenvalue weighted by Crippen LogP contribution is -2.42.